The first-order valence-corrected chi connectivity index (χ1v) is 4.58. The van der Waals surface area contributed by atoms with E-state index in [4.69, 9.17) is 5.73 Å². The molecule has 1 aromatic rings. The summed E-state index contributed by atoms with van der Waals surface area (Å²) in [5.41, 5.74) is 6.11. The molecule has 0 bridgehead atoms. The van der Waals surface area contributed by atoms with Gasteiger partial charge in [0.2, 0.25) is 0 Å². The Morgan fingerprint density at radius 1 is 1.19 bits per heavy atom. The highest BCUT2D eigenvalue weighted by Crippen LogP contribution is 2.10. The van der Waals surface area contributed by atoms with Gasteiger partial charge in [-0.2, -0.15) is 10.3 Å². The van der Waals surface area contributed by atoms with E-state index in [9.17, 15) is 9.59 Å². The molecule has 0 aliphatic carbocycles. The molecule has 0 saturated heterocycles. The molecule has 0 aromatic heterocycles. The third-order valence-electron chi connectivity index (χ3n) is 2.08. The molecular formula is C11H8N3O2. The normalized spacial score (nSPS) is 14.9. The highest BCUT2D eigenvalue weighted by atomic mass is 16.2. The number of aliphatic imine (C=N–C) groups is 1. The molecule has 0 fully saturated rings. The lowest BCUT2D eigenvalue weighted by atomic mass is 10.0. The van der Waals surface area contributed by atoms with Gasteiger partial charge in [0.15, 0.2) is 5.78 Å². The molecule has 0 unspecified atom stereocenters. The minimum atomic E-state index is -0.692. The maximum atomic E-state index is 11.9. The van der Waals surface area contributed by atoms with Gasteiger partial charge in [-0.25, -0.2) is 4.79 Å². The zero-order valence-electron chi connectivity index (χ0n) is 8.25. The van der Waals surface area contributed by atoms with Crippen LogP contribution >= 0.6 is 0 Å². The molecule has 5 heteroatoms. The lowest BCUT2D eigenvalue weighted by molar-refractivity contribution is 0.104. The number of amides is 2. The highest BCUT2D eigenvalue weighted by molar-refractivity contribution is 6.29. The number of nitrogens with two attached hydrogens (primary N) is 1. The Morgan fingerprint density at radius 3 is 2.50 bits per heavy atom. The molecule has 1 aromatic carbocycles. The molecule has 2 amide bonds. The van der Waals surface area contributed by atoms with Gasteiger partial charge in [0.1, 0.15) is 5.84 Å². The second-order valence-electron chi connectivity index (χ2n) is 3.15. The van der Waals surface area contributed by atoms with Crippen molar-refractivity contribution in [3.05, 3.63) is 47.7 Å². The third-order valence-corrected chi connectivity index (χ3v) is 2.08. The molecule has 0 atom stereocenters. The number of Topliss-reactive ketones (excluding diaryl/α,β-unsaturated/α-hetero) is 1. The van der Waals surface area contributed by atoms with E-state index in [2.05, 4.69) is 10.3 Å². The maximum Gasteiger partial charge on any atom is 0.368 e. The van der Waals surface area contributed by atoms with Gasteiger partial charge in [0.05, 0.1) is 5.57 Å². The van der Waals surface area contributed by atoms with Gasteiger partial charge in [0.25, 0.3) is 0 Å². The third kappa shape index (κ3) is 1.83. The summed E-state index contributed by atoms with van der Waals surface area (Å²) in [6.07, 6.45) is 1.15. The Balaban J connectivity index is 2.31. The molecule has 1 aliphatic heterocycles. The van der Waals surface area contributed by atoms with Gasteiger partial charge in [-0.3, -0.25) is 4.79 Å². The van der Waals surface area contributed by atoms with Crippen LogP contribution < -0.4 is 11.1 Å². The maximum absolute atomic E-state index is 11.9. The summed E-state index contributed by atoms with van der Waals surface area (Å²) in [5.74, 6) is -0.382. The number of hydrogen-bond acceptors (Lipinski definition) is 3. The standard InChI is InChI=1S/C11H8N3O2/c12-10-8(6-13-11(16)14-10)9(15)7-4-2-1-3-5-7/h1-6H,(H2,12,14,16). The van der Waals surface area contributed by atoms with Gasteiger partial charge >= 0.3 is 6.03 Å². The van der Waals surface area contributed by atoms with Crippen LogP contribution in [0.2, 0.25) is 0 Å². The molecule has 2 N–H and O–H groups in total. The zero-order valence-corrected chi connectivity index (χ0v) is 8.25. The number of carbonyl (C=O) groups excluding carboxylic acids is 2. The van der Waals surface area contributed by atoms with Gasteiger partial charge < -0.3 is 5.73 Å². The smallest absolute Gasteiger partial charge is 0.368 e. The average Bonchev–Trinajstić information content (AvgIpc) is 2.29. The van der Waals surface area contributed by atoms with Crippen molar-refractivity contribution < 1.29 is 9.59 Å². The number of benzene rings is 1. The van der Waals surface area contributed by atoms with Crippen LogP contribution in [0.1, 0.15) is 10.4 Å². The van der Waals surface area contributed by atoms with Crippen molar-refractivity contribution >= 4 is 17.6 Å². The predicted molar refractivity (Wildman–Crippen MR) is 58.0 cm³/mol. The fourth-order valence-corrected chi connectivity index (χ4v) is 1.30. The SMILES string of the molecule is NC1=NC(=O)[N]C=C1C(=O)c1ccccc1. The van der Waals surface area contributed by atoms with E-state index >= 15 is 0 Å². The van der Waals surface area contributed by atoms with E-state index in [0.717, 1.165) is 6.20 Å². The minimum Gasteiger partial charge on any atom is -0.383 e. The second kappa shape index (κ2) is 3.98. The number of urea groups is 1. The number of ketones is 1. The summed E-state index contributed by atoms with van der Waals surface area (Å²) in [4.78, 5) is 26.1. The van der Waals surface area contributed by atoms with Crippen molar-refractivity contribution in [2.24, 2.45) is 10.7 Å². The molecule has 0 spiro atoms. The van der Waals surface area contributed by atoms with Gasteiger partial charge in [-0.1, -0.05) is 30.3 Å². The minimum absolute atomic E-state index is 0.0890. The van der Waals surface area contributed by atoms with Crippen molar-refractivity contribution in [1.29, 1.82) is 0 Å². The zero-order chi connectivity index (χ0) is 11.5. The first-order chi connectivity index (χ1) is 7.68. The summed E-state index contributed by atoms with van der Waals surface area (Å²) >= 11 is 0. The number of amidine groups is 1. The van der Waals surface area contributed by atoms with Gasteiger partial charge in [-0.05, 0) is 0 Å². The number of rotatable bonds is 2. The van der Waals surface area contributed by atoms with Crippen molar-refractivity contribution in [3.8, 4) is 0 Å². The highest BCUT2D eigenvalue weighted by Gasteiger charge is 2.20. The first-order valence-electron chi connectivity index (χ1n) is 4.58. The van der Waals surface area contributed by atoms with Crippen LogP contribution in [-0.2, 0) is 0 Å². The molecule has 2 rings (SSSR count). The van der Waals surface area contributed by atoms with Crippen LogP contribution in [0.25, 0.3) is 0 Å². The van der Waals surface area contributed by atoms with E-state index in [1.54, 1.807) is 30.3 Å². The fraction of sp³-hybridized carbons (Fsp3) is 0. The number of hydrogen-bond donors (Lipinski definition) is 1. The first kappa shape index (κ1) is 10.1. The van der Waals surface area contributed by atoms with Crippen LogP contribution in [0.15, 0.2) is 47.1 Å². The lowest BCUT2D eigenvalue weighted by Gasteiger charge is -2.08. The lowest BCUT2D eigenvalue weighted by Crippen LogP contribution is -2.28. The van der Waals surface area contributed by atoms with Crippen LogP contribution in [0.5, 0.6) is 0 Å². The van der Waals surface area contributed by atoms with Crippen molar-refractivity contribution in [3.63, 3.8) is 0 Å². The van der Waals surface area contributed by atoms with E-state index in [1.807, 2.05) is 0 Å². The van der Waals surface area contributed by atoms with Gasteiger partial charge in [0, 0.05) is 11.8 Å². The fourth-order valence-electron chi connectivity index (χ4n) is 1.30. The Bertz CT molecular complexity index is 503. The average molecular weight is 214 g/mol. The van der Waals surface area contributed by atoms with Gasteiger partial charge in [-0.15, -0.1) is 0 Å². The topological polar surface area (TPSA) is 86.6 Å². The van der Waals surface area contributed by atoms with E-state index in [-0.39, 0.29) is 17.2 Å². The molecule has 1 aliphatic rings. The van der Waals surface area contributed by atoms with Crippen molar-refractivity contribution in [2.75, 3.05) is 0 Å². The molecular weight excluding hydrogens is 206 g/mol. The van der Waals surface area contributed by atoms with Crippen LogP contribution in [0.4, 0.5) is 4.79 Å². The van der Waals surface area contributed by atoms with Crippen molar-refractivity contribution in [2.45, 2.75) is 0 Å². The Kier molecular flexibility index (Phi) is 2.51. The van der Waals surface area contributed by atoms with Crippen LogP contribution in [0, 0.1) is 0 Å². The number of nitrogens with zero attached hydrogens (tertiary/aromatic N) is 2. The van der Waals surface area contributed by atoms with E-state index in [0.29, 0.717) is 5.56 Å². The van der Waals surface area contributed by atoms with Crippen LogP contribution in [-0.4, -0.2) is 17.6 Å². The Hall–Kier alpha value is -2.43. The molecule has 1 heterocycles. The Morgan fingerprint density at radius 2 is 1.88 bits per heavy atom. The largest absolute Gasteiger partial charge is 0.383 e. The molecule has 0 saturated carbocycles. The molecule has 1 radical (unpaired) electrons. The summed E-state index contributed by atoms with van der Waals surface area (Å²) in [5, 5.41) is 3.42. The molecule has 16 heavy (non-hydrogen) atoms. The summed E-state index contributed by atoms with van der Waals surface area (Å²) in [7, 11) is 0. The van der Waals surface area contributed by atoms with Crippen molar-refractivity contribution in [1.82, 2.24) is 5.32 Å². The van der Waals surface area contributed by atoms with E-state index < -0.39 is 6.03 Å². The van der Waals surface area contributed by atoms with E-state index in [1.165, 1.54) is 0 Å². The predicted octanol–water partition coefficient (Wildman–Crippen LogP) is 0.848. The summed E-state index contributed by atoms with van der Waals surface area (Å²) < 4.78 is 0. The number of carbonyl (C=O) groups is 2. The monoisotopic (exact) mass is 214 g/mol. The molecule has 5 nitrogen and oxygen atoms in total. The quantitative estimate of drug-likeness (QED) is 0.740. The summed E-state index contributed by atoms with van der Waals surface area (Å²) in [6.45, 7) is 0. The summed E-state index contributed by atoms with van der Waals surface area (Å²) in [6, 6.07) is 7.91. The Labute approximate surface area is 91.7 Å². The van der Waals surface area contributed by atoms with Crippen LogP contribution in [0.3, 0.4) is 0 Å². The second-order valence-corrected chi connectivity index (χ2v) is 3.15. The molecule has 79 valence electrons.